The van der Waals surface area contributed by atoms with Gasteiger partial charge in [-0.3, -0.25) is 4.79 Å². The second kappa shape index (κ2) is 4.53. The van der Waals surface area contributed by atoms with Crippen molar-refractivity contribution in [2.75, 3.05) is 0 Å². The van der Waals surface area contributed by atoms with E-state index >= 15 is 0 Å². The molecule has 1 saturated carbocycles. The highest BCUT2D eigenvalue weighted by atomic mass is 35.5. The van der Waals surface area contributed by atoms with E-state index in [0.29, 0.717) is 16.6 Å². The summed E-state index contributed by atoms with van der Waals surface area (Å²) in [5.74, 6) is 0.388. The summed E-state index contributed by atoms with van der Waals surface area (Å²) in [6.45, 7) is 0. The van der Waals surface area contributed by atoms with Crippen LogP contribution in [0.1, 0.15) is 41.4 Å². The molecule has 0 spiro atoms. The Morgan fingerprint density at radius 3 is 2.83 bits per heavy atom. The predicted octanol–water partition coefficient (Wildman–Crippen LogP) is 3.00. The van der Waals surface area contributed by atoms with Gasteiger partial charge in [-0.15, -0.1) is 5.10 Å². The second-order valence-electron chi connectivity index (χ2n) is 4.50. The van der Waals surface area contributed by atoms with E-state index in [1.54, 1.807) is 4.68 Å². The summed E-state index contributed by atoms with van der Waals surface area (Å²) in [5.41, 5.74) is 2.21. The van der Waals surface area contributed by atoms with Crippen LogP contribution in [0.5, 0.6) is 0 Å². The van der Waals surface area contributed by atoms with Gasteiger partial charge in [0.25, 0.3) is 0 Å². The molecule has 5 heteroatoms. The van der Waals surface area contributed by atoms with Gasteiger partial charge in [-0.25, -0.2) is 4.68 Å². The van der Waals surface area contributed by atoms with Gasteiger partial charge in [-0.2, -0.15) is 0 Å². The van der Waals surface area contributed by atoms with E-state index in [1.165, 1.54) is 6.42 Å². The molecule has 0 amide bonds. The first-order chi connectivity index (χ1) is 8.79. The van der Waals surface area contributed by atoms with Crippen molar-refractivity contribution in [1.82, 2.24) is 15.0 Å². The van der Waals surface area contributed by atoms with Crippen LogP contribution in [0.15, 0.2) is 24.3 Å². The highest BCUT2D eigenvalue weighted by Crippen LogP contribution is 2.38. The van der Waals surface area contributed by atoms with Gasteiger partial charge in [-0.1, -0.05) is 29.3 Å². The molecule has 4 nitrogen and oxygen atoms in total. The van der Waals surface area contributed by atoms with Crippen molar-refractivity contribution in [1.29, 1.82) is 0 Å². The molecule has 0 saturated heterocycles. The number of rotatable bonds is 3. The topological polar surface area (TPSA) is 47.8 Å². The van der Waals surface area contributed by atoms with E-state index in [-0.39, 0.29) is 0 Å². The maximum absolute atomic E-state index is 11.0. The first-order valence-electron chi connectivity index (χ1n) is 5.96. The van der Waals surface area contributed by atoms with Crippen molar-refractivity contribution in [2.45, 2.75) is 25.2 Å². The lowest BCUT2D eigenvalue weighted by Crippen LogP contribution is -2.15. The standard InChI is InChI=1S/C13H12ClN3O/c14-10-5-2-6-11(7-10)17-13(9-3-1-4-9)12(8-18)15-16-17/h2,5-9H,1,3-4H2. The minimum Gasteiger partial charge on any atom is -0.296 e. The fourth-order valence-electron chi connectivity index (χ4n) is 2.25. The summed E-state index contributed by atoms with van der Waals surface area (Å²) in [4.78, 5) is 11.0. The van der Waals surface area contributed by atoms with Gasteiger partial charge in [0.2, 0.25) is 0 Å². The fraction of sp³-hybridized carbons (Fsp3) is 0.308. The van der Waals surface area contributed by atoms with E-state index < -0.39 is 0 Å². The van der Waals surface area contributed by atoms with Crippen LogP contribution in [0.3, 0.4) is 0 Å². The van der Waals surface area contributed by atoms with Crippen molar-refractivity contribution < 1.29 is 4.79 Å². The number of carbonyl (C=O) groups excluding carboxylic acids is 1. The summed E-state index contributed by atoms with van der Waals surface area (Å²) in [5, 5.41) is 8.67. The average molecular weight is 262 g/mol. The quantitative estimate of drug-likeness (QED) is 0.798. The van der Waals surface area contributed by atoms with Crippen LogP contribution in [-0.4, -0.2) is 21.3 Å². The van der Waals surface area contributed by atoms with Gasteiger partial charge in [-0.05, 0) is 31.0 Å². The van der Waals surface area contributed by atoms with E-state index in [2.05, 4.69) is 10.3 Å². The maximum Gasteiger partial charge on any atom is 0.172 e. The number of carbonyl (C=O) groups is 1. The first kappa shape index (κ1) is 11.4. The van der Waals surface area contributed by atoms with Crippen LogP contribution in [0.4, 0.5) is 0 Å². The highest BCUT2D eigenvalue weighted by molar-refractivity contribution is 6.30. The van der Waals surface area contributed by atoms with Gasteiger partial charge in [0.1, 0.15) is 5.69 Å². The van der Waals surface area contributed by atoms with Crippen molar-refractivity contribution >= 4 is 17.9 Å². The Morgan fingerprint density at radius 2 is 2.22 bits per heavy atom. The number of aldehydes is 1. The van der Waals surface area contributed by atoms with Crippen molar-refractivity contribution in [3.8, 4) is 5.69 Å². The van der Waals surface area contributed by atoms with Gasteiger partial charge < -0.3 is 0 Å². The van der Waals surface area contributed by atoms with Crippen molar-refractivity contribution in [2.24, 2.45) is 0 Å². The Hall–Kier alpha value is -1.68. The van der Waals surface area contributed by atoms with Crippen LogP contribution >= 0.6 is 11.6 Å². The molecule has 2 aromatic rings. The lowest BCUT2D eigenvalue weighted by Gasteiger charge is -2.26. The molecule has 18 heavy (non-hydrogen) atoms. The maximum atomic E-state index is 11.0. The highest BCUT2D eigenvalue weighted by Gasteiger charge is 2.28. The summed E-state index contributed by atoms with van der Waals surface area (Å²) in [6, 6.07) is 7.42. The molecule has 0 atom stereocenters. The van der Waals surface area contributed by atoms with Crippen LogP contribution in [0, 0.1) is 0 Å². The zero-order valence-electron chi connectivity index (χ0n) is 9.71. The van der Waals surface area contributed by atoms with Gasteiger partial charge in [0, 0.05) is 10.9 Å². The summed E-state index contributed by atoms with van der Waals surface area (Å²) in [6.07, 6.45) is 4.16. The summed E-state index contributed by atoms with van der Waals surface area (Å²) < 4.78 is 1.74. The van der Waals surface area contributed by atoms with E-state index in [1.807, 2.05) is 24.3 Å². The minimum absolute atomic E-state index is 0.388. The third-order valence-electron chi connectivity index (χ3n) is 3.39. The first-order valence-corrected chi connectivity index (χ1v) is 6.34. The molecule has 0 radical (unpaired) electrons. The molecule has 1 aromatic heterocycles. The monoisotopic (exact) mass is 261 g/mol. The normalized spacial score (nSPS) is 15.4. The van der Waals surface area contributed by atoms with Crippen LogP contribution in [0.2, 0.25) is 5.02 Å². The number of nitrogens with zero attached hydrogens (tertiary/aromatic N) is 3. The Labute approximate surface area is 110 Å². The van der Waals surface area contributed by atoms with Crippen molar-refractivity contribution in [3.63, 3.8) is 0 Å². The number of benzene rings is 1. The summed E-state index contributed by atoms with van der Waals surface area (Å²) in [7, 11) is 0. The molecule has 0 N–H and O–H groups in total. The Kier molecular flexibility index (Phi) is 2.88. The fourth-order valence-corrected chi connectivity index (χ4v) is 2.43. The minimum atomic E-state index is 0.388. The molecule has 1 fully saturated rings. The number of hydrogen-bond acceptors (Lipinski definition) is 3. The van der Waals surface area contributed by atoms with E-state index in [0.717, 1.165) is 30.5 Å². The van der Waals surface area contributed by atoms with Gasteiger partial charge in [0.15, 0.2) is 6.29 Å². The van der Waals surface area contributed by atoms with E-state index in [9.17, 15) is 4.79 Å². The zero-order chi connectivity index (χ0) is 12.5. The predicted molar refractivity (Wildman–Crippen MR) is 68.3 cm³/mol. The average Bonchev–Trinajstić information content (AvgIpc) is 2.70. The number of hydrogen-bond donors (Lipinski definition) is 0. The number of aromatic nitrogens is 3. The Morgan fingerprint density at radius 1 is 1.39 bits per heavy atom. The molecule has 92 valence electrons. The molecule has 0 bridgehead atoms. The Balaban J connectivity index is 2.11. The molecule has 0 unspecified atom stereocenters. The van der Waals surface area contributed by atoms with Crippen LogP contribution < -0.4 is 0 Å². The molecular weight excluding hydrogens is 250 g/mol. The van der Waals surface area contributed by atoms with Gasteiger partial charge in [0.05, 0.1) is 11.4 Å². The smallest absolute Gasteiger partial charge is 0.172 e. The summed E-state index contributed by atoms with van der Waals surface area (Å²) >= 11 is 5.98. The second-order valence-corrected chi connectivity index (χ2v) is 4.93. The van der Waals surface area contributed by atoms with Crippen molar-refractivity contribution in [3.05, 3.63) is 40.7 Å². The number of halogens is 1. The lowest BCUT2D eigenvalue weighted by atomic mass is 9.82. The molecule has 0 aliphatic heterocycles. The molecule has 1 aliphatic rings. The molecular formula is C13H12ClN3O. The molecule has 3 rings (SSSR count). The third-order valence-corrected chi connectivity index (χ3v) is 3.62. The Bertz CT molecular complexity index is 590. The van der Waals surface area contributed by atoms with E-state index in [4.69, 9.17) is 11.6 Å². The SMILES string of the molecule is O=Cc1nnn(-c2cccc(Cl)c2)c1C1CCC1. The molecule has 1 heterocycles. The van der Waals surface area contributed by atoms with Gasteiger partial charge >= 0.3 is 0 Å². The largest absolute Gasteiger partial charge is 0.296 e. The molecule has 1 aromatic carbocycles. The van der Waals surface area contributed by atoms with Crippen LogP contribution in [0.25, 0.3) is 5.69 Å². The van der Waals surface area contributed by atoms with Crippen LogP contribution in [-0.2, 0) is 0 Å². The third kappa shape index (κ3) is 1.82. The zero-order valence-corrected chi connectivity index (χ0v) is 10.5. The molecule has 1 aliphatic carbocycles. The lowest BCUT2D eigenvalue weighted by molar-refractivity contribution is 0.111.